The molecule has 0 aliphatic rings. The average molecular weight is 292 g/mol. The maximum absolute atomic E-state index is 11.9. The topological polar surface area (TPSA) is 68.5 Å². The number of nitrogens with zero attached hydrogens (tertiary/aromatic N) is 3. The van der Waals surface area contributed by atoms with Crippen LogP contribution in [0.5, 0.6) is 0 Å². The Kier molecular flexibility index (Phi) is 4.89. The van der Waals surface area contributed by atoms with Gasteiger partial charge in [-0.05, 0) is 42.0 Å². The molecule has 0 aromatic heterocycles. The first-order valence-electron chi connectivity index (χ1n) is 6.71. The van der Waals surface area contributed by atoms with Crippen molar-refractivity contribution in [1.82, 2.24) is 5.43 Å². The van der Waals surface area contributed by atoms with E-state index in [1.165, 1.54) is 6.21 Å². The number of hydrogen-bond donors (Lipinski definition) is 1. The highest BCUT2D eigenvalue weighted by atomic mass is 16.2. The van der Waals surface area contributed by atoms with Gasteiger partial charge in [-0.3, -0.25) is 4.79 Å². The zero-order valence-electron chi connectivity index (χ0n) is 12.4. The zero-order chi connectivity index (χ0) is 15.9. The molecule has 5 heteroatoms. The van der Waals surface area contributed by atoms with Gasteiger partial charge in [-0.25, -0.2) is 5.43 Å². The molecule has 110 valence electrons. The number of rotatable bonds is 4. The first-order chi connectivity index (χ1) is 10.6. The smallest absolute Gasteiger partial charge is 0.271 e. The lowest BCUT2D eigenvalue weighted by atomic mass is 10.2. The first-order valence-corrected chi connectivity index (χ1v) is 6.71. The Labute approximate surface area is 129 Å². The van der Waals surface area contributed by atoms with Crippen LogP contribution in [0, 0.1) is 11.3 Å². The number of benzene rings is 2. The molecular formula is C17H16N4O. The van der Waals surface area contributed by atoms with Crippen LogP contribution >= 0.6 is 0 Å². The van der Waals surface area contributed by atoms with Gasteiger partial charge in [0, 0.05) is 25.3 Å². The van der Waals surface area contributed by atoms with E-state index in [0.29, 0.717) is 11.1 Å². The lowest BCUT2D eigenvalue weighted by Gasteiger charge is -2.12. The monoisotopic (exact) mass is 292 g/mol. The number of anilines is 1. The van der Waals surface area contributed by atoms with Crippen LogP contribution in [0.25, 0.3) is 0 Å². The van der Waals surface area contributed by atoms with E-state index >= 15 is 0 Å². The standard InChI is InChI=1S/C17H16N4O/c1-21(2)16-9-7-15(8-10-16)17(22)20-19-12-14-5-3-13(11-18)4-6-14/h3-10,12H,1-2H3,(H,20,22)/b19-12-. The number of carbonyl (C=O) groups excluding carboxylic acids is 1. The molecule has 0 aliphatic heterocycles. The minimum absolute atomic E-state index is 0.268. The largest absolute Gasteiger partial charge is 0.378 e. The average Bonchev–Trinajstić information content (AvgIpc) is 2.55. The molecule has 0 saturated carbocycles. The van der Waals surface area contributed by atoms with Gasteiger partial charge in [0.15, 0.2) is 0 Å². The minimum Gasteiger partial charge on any atom is -0.378 e. The molecule has 0 atom stereocenters. The molecule has 0 fully saturated rings. The van der Waals surface area contributed by atoms with Gasteiger partial charge in [0.2, 0.25) is 0 Å². The second-order valence-corrected chi connectivity index (χ2v) is 4.87. The van der Waals surface area contributed by atoms with Crippen LogP contribution in [0.1, 0.15) is 21.5 Å². The van der Waals surface area contributed by atoms with Crippen LogP contribution < -0.4 is 10.3 Å². The van der Waals surface area contributed by atoms with Crippen molar-refractivity contribution in [2.75, 3.05) is 19.0 Å². The molecule has 0 radical (unpaired) electrons. The zero-order valence-corrected chi connectivity index (χ0v) is 12.4. The molecule has 0 bridgehead atoms. The molecule has 1 amide bonds. The van der Waals surface area contributed by atoms with E-state index < -0.39 is 0 Å². The molecule has 0 saturated heterocycles. The second-order valence-electron chi connectivity index (χ2n) is 4.87. The fraction of sp³-hybridized carbons (Fsp3) is 0.118. The number of hydrazone groups is 1. The Morgan fingerprint density at radius 3 is 2.32 bits per heavy atom. The molecule has 22 heavy (non-hydrogen) atoms. The van der Waals surface area contributed by atoms with Gasteiger partial charge in [-0.2, -0.15) is 10.4 Å². The highest BCUT2D eigenvalue weighted by molar-refractivity contribution is 5.95. The maximum Gasteiger partial charge on any atom is 0.271 e. The summed E-state index contributed by atoms with van der Waals surface area (Å²) in [5, 5.41) is 12.6. The SMILES string of the molecule is CN(C)c1ccc(C(=O)N/N=C\c2ccc(C#N)cc2)cc1. The van der Waals surface area contributed by atoms with E-state index in [9.17, 15) is 4.79 Å². The summed E-state index contributed by atoms with van der Waals surface area (Å²) in [5.41, 5.74) is 5.44. The van der Waals surface area contributed by atoms with Crippen molar-refractivity contribution >= 4 is 17.8 Å². The molecular weight excluding hydrogens is 276 g/mol. The summed E-state index contributed by atoms with van der Waals surface area (Å²) in [7, 11) is 3.88. The Hall–Kier alpha value is -3.13. The van der Waals surface area contributed by atoms with Crippen LogP contribution in [-0.2, 0) is 0 Å². The van der Waals surface area contributed by atoms with Gasteiger partial charge >= 0.3 is 0 Å². The van der Waals surface area contributed by atoms with Crippen LogP contribution in [0.2, 0.25) is 0 Å². The Morgan fingerprint density at radius 2 is 1.77 bits per heavy atom. The summed E-state index contributed by atoms with van der Waals surface area (Å²) in [4.78, 5) is 13.9. The second kappa shape index (κ2) is 7.04. The summed E-state index contributed by atoms with van der Waals surface area (Å²) in [5.74, 6) is -0.268. The number of amides is 1. The molecule has 0 heterocycles. The highest BCUT2D eigenvalue weighted by Crippen LogP contribution is 2.12. The van der Waals surface area contributed by atoms with Crippen molar-refractivity contribution in [3.8, 4) is 6.07 Å². The van der Waals surface area contributed by atoms with Crippen molar-refractivity contribution in [2.45, 2.75) is 0 Å². The first kappa shape index (κ1) is 15.3. The van der Waals surface area contributed by atoms with Crippen LogP contribution in [0.15, 0.2) is 53.6 Å². The predicted molar refractivity (Wildman–Crippen MR) is 87.0 cm³/mol. The van der Waals surface area contributed by atoms with Crippen molar-refractivity contribution < 1.29 is 4.79 Å². The predicted octanol–water partition coefficient (Wildman–Crippen LogP) is 2.39. The molecule has 1 N–H and O–H groups in total. The molecule has 2 rings (SSSR count). The van der Waals surface area contributed by atoms with Crippen molar-refractivity contribution in [2.24, 2.45) is 5.10 Å². The number of carbonyl (C=O) groups is 1. The summed E-state index contributed by atoms with van der Waals surface area (Å²) >= 11 is 0. The number of nitrogens with one attached hydrogen (secondary N) is 1. The summed E-state index contributed by atoms with van der Waals surface area (Å²) in [6.07, 6.45) is 1.53. The fourth-order valence-electron chi connectivity index (χ4n) is 1.78. The molecule has 0 aliphatic carbocycles. The lowest BCUT2D eigenvalue weighted by molar-refractivity contribution is 0.0955. The molecule has 0 unspecified atom stereocenters. The Morgan fingerprint density at radius 1 is 1.14 bits per heavy atom. The summed E-state index contributed by atoms with van der Waals surface area (Å²) in [6, 6.07) is 16.2. The third-order valence-electron chi connectivity index (χ3n) is 3.07. The number of nitriles is 1. The van der Waals surface area contributed by atoms with Gasteiger partial charge in [0.05, 0.1) is 17.8 Å². The van der Waals surface area contributed by atoms with Gasteiger partial charge in [0.1, 0.15) is 0 Å². The van der Waals surface area contributed by atoms with Crippen molar-refractivity contribution in [3.63, 3.8) is 0 Å². The van der Waals surface area contributed by atoms with E-state index in [1.54, 1.807) is 36.4 Å². The molecule has 2 aromatic rings. The normalized spacial score (nSPS) is 10.2. The highest BCUT2D eigenvalue weighted by Gasteiger charge is 2.04. The third-order valence-corrected chi connectivity index (χ3v) is 3.07. The number of hydrogen-bond acceptors (Lipinski definition) is 4. The minimum atomic E-state index is -0.268. The van der Waals surface area contributed by atoms with Crippen molar-refractivity contribution in [3.05, 3.63) is 65.2 Å². The maximum atomic E-state index is 11.9. The third kappa shape index (κ3) is 3.93. The van der Waals surface area contributed by atoms with E-state index in [4.69, 9.17) is 5.26 Å². The quantitative estimate of drug-likeness (QED) is 0.695. The Bertz CT molecular complexity index is 710. The van der Waals surface area contributed by atoms with Gasteiger partial charge in [-0.1, -0.05) is 12.1 Å². The van der Waals surface area contributed by atoms with Gasteiger partial charge in [-0.15, -0.1) is 0 Å². The molecule has 5 nitrogen and oxygen atoms in total. The fourth-order valence-corrected chi connectivity index (χ4v) is 1.78. The van der Waals surface area contributed by atoms with Crippen LogP contribution in [-0.4, -0.2) is 26.2 Å². The lowest BCUT2D eigenvalue weighted by Crippen LogP contribution is -2.17. The van der Waals surface area contributed by atoms with Gasteiger partial charge < -0.3 is 4.90 Å². The van der Waals surface area contributed by atoms with E-state index in [0.717, 1.165) is 11.3 Å². The van der Waals surface area contributed by atoms with E-state index in [-0.39, 0.29) is 5.91 Å². The Balaban J connectivity index is 1.96. The van der Waals surface area contributed by atoms with Gasteiger partial charge in [0.25, 0.3) is 5.91 Å². The van der Waals surface area contributed by atoms with Crippen molar-refractivity contribution in [1.29, 1.82) is 5.26 Å². The summed E-state index contributed by atoms with van der Waals surface area (Å²) < 4.78 is 0. The van der Waals surface area contributed by atoms with Crippen LogP contribution in [0.3, 0.4) is 0 Å². The summed E-state index contributed by atoms with van der Waals surface area (Å²) in [6.45, 7) is 0. The molecule has 2 aromatic carbocycles. The van der Waals surface area contributed by atoms with E-state index in [2.05, 4.69) is 10.5 Å². The molecule has 0 spiro atoms. The van der Waals surface area contributed by atoms with E-state index in [1.807, 2.05) is 37.2 Å². The van der Waals surface area contributed by atoms with Crippen LogP contribution in [0.4, 0.5) is 5.69 Å².